The van der Waals surface area contributed by atoms with E-state index in [2.05, 4.69) is 27.2 Å². The summed E-state index contributed by atoms with van der Waals surface area (Å²) in [6, 6.07) is 0. The summed E-state index contributed by atoms with van der Waals surface area (Å²) in [4.78, 5) is 3.42. The van der Waals surface area contributed by atoms with Crippen molar-refractivity contribution in [1.29, 1.82) is 0 Å². The zero-order chi connectivity index (χ0) is 15.8. The number of nitrogens with zero attached hydrogens (tertiary/aromatic N) is 3. The molecule has 5 nitrogen and oxygen atoms in total. The van der Waals surface area contributed by atoms with Crippen LogP contribution in [0.15, 0.2) is 4.76 Å². The van der Waals surface area contributed by atoms with Crippen molar-refractivity contribution in [3.05, 3.63) is 0 Å². The van der Waals surface area contributed by atoms with Crippen LogP contribution in [0.25, 0.3) is 0 Å². The molecule has 0 amide bonds. The van der Waals surface area contributed by atoms with E-state index in [1.807, 2.05) is 48.7 Å². The van der Waals surface area contributed by atoms with E-state index in [4.69, 9.17) is 20.9 Å². The largest absolute Gasteiger partial charge is 0.344 e. The summed E-state index contributed by atoms with van der Waals surface area (Å²) in [7, 11) is 3.98. The van der Waals surface area contributed by atoms with Crippen LogP contribution in [0.3, 0.4) is 0 Å². The van der Waals surface area contributed by atoms with Gasteiger partial charge in [0, 0.05) is 27.2 Å². The van der Waals surface area contributed by atoms with Gasteiger partial charge in [0.15, 0.2) is 0 Å². The van der Waals surface area contributed by atoms with Crippen LogP contribution in [-0.4, -0.2) is 53.5 Å². The fraction of sp³-hybridized carbons (Fsp3) is 0.917. The Bertz CT molecular complexity index is 397. The van der Waals surface area contributed by atoms with Gasteiger partial charge in [0.1, 0.15) is 4.93 Å². The first-order chi connectivity index (χ1) is 8.81. The highest BCUT2D eigenvalue weighted by molar-refractivity contribution is 8.09. The summed E-state index contributed by atoms with van der Waals surface area (Å²) in [5, 5.41) is 0. The second-order valence-corrected chi connectivity index (χ2v) is 10.4. The van der Waals surface area contributed by atoms with Gasteiger partial charge in [-0.2, -0.15) is 4.76 Å². The number of hydrogen-bond acceptors (Lipinski definition) is 4. The fourth-order valence-corrected chi connectivity index (χ4v) is 5.59. The molecular formula is C12H26N3O2PS2. The highest BCUT2D eigenvalue weighted by Crippen LogP contribution is 2.57. The predicted molar refractivity (Wildman–Crippen MR) is 92.0 cm³/mol. The lowest BCUT2D eigenvalue weighted by atomic mass is 10.2. The Labute approximate surface area is 133 Å². The Balaban J connectivity index is 3.11. The topological polar surface area (TPSA) is 37.3 Å². The standard InChI is InChI=1S/C12H26N3O2PS2/c1-11(2,3)16-18(20,17-12(4,5)19)13-10-14(6)8-9-15(10)7/h19H,8-9H2,1-7H3. The lowest BCUT2D eigenvalue weighted by molar-refractivity contribution is 0.0983. The third-order valence-electron chi connectivity index (χ3n) is 2.39. The lowest BCUT2D eigenvalue weighted by Gasteiger charge is -2.32. The Morgan fingerprint density at radius 1 is 1.10 bits per heavy atom. The van der Waals surface area contributed by atoms with Crippen molar-refractivity contribution in [2.45, 2.75) is 45.2 Å². The Morgan fingerprint density at radius 2 is 1.55 bits per heavy atom. The van der Waals surface area contributed by atoms with Crippen molar-refractivity contribution in [3.63, 3.8) is 0 Å². The van der Waals surface area contributed by atoms with E-state index in [0.717, 1.165) is 19.0 Å². The molecule has 0 N–H and O–H groups in total. The summed E-state index contributed by atoms with van der Waals surface area (Å²) >= 11 is 10.0. The Kier molecular flexibility index (Phi) is 5.59. The zero-order valence-electron chi connectivity index (χ0n) is 13.4. The third kappa shape index (κ3) is 5.90. The van der Waals surface area contributed by atoms with E-state index in [1.54, 1.807) is 0 Å². The summed E-state index contributed by atoms with van der Waals surface area (Å²) in [6.45, 7) is 8.54. The average molecular weight is 339 g/mol. The molecule has 8 heteroatoms. The Morgan fingerprint density at radius 3 is 1.90 bits per heavy atom. The monoisotopic (exact) mass is 339 g/mol. The first-order valence-corrected chi connectivity index (χ1v) is 9.62. The van der Waals surface area contributed by atoms with Crippen LogP contribution < -0.4 is 0 Å². The van der Waals surface area contributed by atoms with Gasteiger partial charge in [-0.1, -0.05) is 0 Å². The Hall–Kier alpha value is 0.190. The molecule has 1 aliphatic rings. The van der Waals surface area contributed by atoms with Crippen molar-refractivity contribution in [3.8, 4) is 0 Å². The molecule has 118 valence electrons. The van der Waals surface area contributed by atoms with Crippen LogP contribution >= 0.6 is 19.3 Å². The van der Waals surface area contributed by atoms with Crippen LogP contribution in [0, 0.1) is 0 Å². The third-order valence-corrected chi connectivity index (χ3v) is 5.21. The maximum atomic E-state index is 5.97. The van der Waals surface area contributed by atoms with Gasteiger partial charge >= 0.3 is 6.64 Å². The van der Waals surface area contributed by atoms with Crippen molar-refractivity contribution in [2.24, 2.45) is 4.76 Å². The number of guanidine groups is 1. The number of thiol groups is 1. The minimum absolute atomic E-state index is 0.422. The van der Waals surface area contributed by atoms with Gasteiger partial charge in [-0.3, -0.25) is 4.52 Å². The maximum absolute atomic E-state index is 5.97. The molecule has 0 radical (unpaired) electrons. The van der Waals surface area contributed by atoms with Gasteiger partial charge in [-0.05, 0) is 46.4 Å². The quantitative estimate of drug-likeness (QED) is 0.484. The summed E-state index contributed by atoms with van der Waals surface area (Å²) < 4.78 is 16.5. The van der Waals surface area contributed by atoms with Gasteiger partial charge in [0.25, 0.3) is 0 Å². The SMILES string of the molecule is CN1CCN(C)C1=NP(=S)(OC(C)(C)C)OC(C)(C)S. The molecule has 1 aliphatic heterocycles. The van der Waals surface area contributed by atoms with E-state index in [9.17, 15) is 0 Å². The highest BCUT2D eigenvalue weighted by Gasteiger charge is 2.34. The van der Waals surface area contributed by atoms with Crippen molar-refractivity contribution >= 4 is 37.0 Å². The molecule has 0 spiro atoms. The van der Waals surface area contributed by atoms with E-state index < -0.39 is 17.2 Å². The minimum Gasteiger partial charge on any atom is -0.344 e. The fourth-order valence-electron chi connectivity index (χ4n) is 1.74. The first kappa shape index (κ1) is 18.2. The van der Waals surface area contributed by atoms with E-state index in [0.29, 0.717) is 0 Å². The molecule has 1 heterocycles. The lowest BCUT2D eigenvalue weighted by Crippen LogP contribution is -2.29. The molecule has 1 fully saturated rings. The number of rotatable bonds is 4. The molecular weight excluding hydrogens is 313 g/mol. The van der Waals surface area contributed by atoms with Gasteiger partial charge in [0.05, 0.1) is 5.60 Å². The highest BCUT2D eigenvalue weighted by atomic mass is 32.5. The van der Waals surface area contributed by atoms with Crippen LogP contribution in [0.2, 0.25) is 0 Å². The number of likely N-dealkylation sites (N-methyl/N-ethyl adjacent to an activating group) is 2. The van der Waals surface area contributed by atoms with Gasteiger partial charge in [0.2, 0.25) is 5.96 Å². The normalized spacial score (nSPS) is 20.3. The summed E-state index contributed by atoms with van der Waals surface area (Å²) in [6.07, 6.45) is 0. The molecule has 20 heavy (non-hydrogen) atoms. The van der Waals surface area contributed by atoms with E-state index in [-0.39, 0.29) is 0 Å². The van der Waals surface area contributed by atoms with Crippen LogP contribution in [-0.2, 0) is 20.9 Å². The van der Waals surface area contributed by atoms with E-state index >= 15 is 0 Å². The number of hydrogen-bond donors (Lipinski definition) is 1. The molecule has 1 atom stereocenters. The van der Waals surface area contributed by atoms with Crippen molar-refractivity contribution in [2.75, 3.05) is 27.2 Å². The van der Waals surface area contributed by atoms with Crippen LogP contribution in [0.5, 0.6) is 0 Å². The predicted octanol–water partition coefficient (Wildman–Crippen LogP) is 2.94. The molecule has 0 saturated carbocycles. The summed E-state index contributed by atoms with van der Waals surface area (Å²) in [5.41, 5.74) is -0.422. The molecule has 0 aromatic carbocycles. The molecule has 1 unspecified atom stereocenters. The van der Waals surface area contributed by atoms with Crippen LogP contribution in [0.4, 0.5) is 0 Å². The first-order valence-electron chi connectivity index (χ1n) is 6.58. The molecule has 0 bridgehead atoms. The van der Waals surface area contributed by atoms with Gasteiger partial charge < -0.3 is 14.3 Å². The molecule has 0 aromatic rings. The molecule has 0 aromatic heterocycles. The van der Waals surface area contributed by atoms with E-state index in [1.165, 1.54) is 0 Å². The van der Waals surface area contributed by atoms with Gasteiger partial charge in [-0.25, -0.2) is 0 Å². The zero-order valence-corrected chi connectivity index (χ0v) is 16.0. The van der Waals surface area contributed by atoms with Crippen molar-refractivity contribution in [1.82, 2.24) is 9.80 Å². The average Bonchev–Trinajstić information content (AvgIpc) is 2.42. The molecule has 0 aliphatic carbocycles. The molecule has 1 rings (SSSR count). The van der Waals surface area contributed by atoms with Crippen LogP contribution in [0.1, 0.15) is 34.6 Å². The smallest absolute Gasteiger partial charge is 0.314 e. The minimum atomic E-state index is -2.82. The molecule has 1 saturated heterocycles. The second kappa shape index (κ2) is 6.13. The van der Waals surface area contributed by atoms with Gasteiger partial charge in [-0.15, -0.1) is 12.6 Å². The summed E-state index contributed by atoms with van der Waals surface area (Å²) in [5.74, 6) is 0.815. The van der Waals surface area contributed by atoms with Crippen molar-refractivity contribution < 1.29 is 9.05 Å². The second-order valence-electron chi connectivity index (χ2n) is 6.45. The maximum Gasteiger partial charge on any atom is 0.314 e.